The number of H-pyrrole nitrogens is 1. The van der Waals surface area contributed by atoms with E-state index >= 15 is 0 Å². The van der Waals surface area contributed by atoms with E-state index in [4.69, 9.17) is 23.2 Å². The minimum absolute atomic E-state index is 0.0143. The average Bonchev–Trinajstić information content (AvgIpc) is 3.59. The molecule has 4 rings (SSSR count). The number of guanidine groups is 1. The maximum Gasteiger partial charge on any atom is 0.433 e. The molecule has 9 N–H and O–H groups in total. The number of amides is 2. The molecule has 2 amide bonds. The summed E-state index contributed by atoms with van der Waals surface area (Å²) in [6, 6.07) is 4.57. The van der Waals surface area contributed by atoms with E-state index in [9.17, 15) is 22.8 Å². The van der Waals surface area contributed by atoms with Gasteiger partial charge in [-0.05, 0) is 18.2 Å². The predicted molar refractivity (Wildman–Crippen MR) is 144 cm³/mol. The summed E-state index contributed by atoms with van der Waals surface area (Å²) in [5.74, 6) is 4.59. The Morgan fingerprint density at radius 3 is 2.66 bits per heavy atom. The van der Waals surface area contributed by atoms with Gasteiger partial charge in [-0.1, -0.05) is 11.6 Å². The van der Waals surface area contributed by atoms with Gasteiger partial charge in [-0.2, -0.15) is 18.3 Å². The number of nitrogens with two attached hydrogens (primary N) is 2. The first-order valence-electron chi connectivity index (χ1n) is 11.9. The Morgan fingerprint density at radius 1 is 1.15 bits per heavy atom. The first kappa shape index (κ1) is 29.1. The lowest BCUT2D eigenvalue weighted by Crippen LogP contribution is -2.37. The molecule has 3 aromatic heterocycles. The molecule has 0 bridgehead atoms. The van der Waals surface area contributed by atoms with Crippen LogP contribution in [0.5, 0.6) is 0 Å². The van der Waals surface area contributed by atoms with Gasteiger partial charge in [0.05, 0.1) is 40.8 Å². The molecule has 0 aliphatic heterocycles. The van der Waals surface area contributed by atoms with Crippen molar-refractivity contribution in [2.75, 3.05) is 25.0 Å². The number of benzene rings is 1. The summed E-state index contributed by atoms with van der Waals surface area (Å²) in [6.07, 6.45) is 0.700. The van der Waals surface area contributed by atoms with Crippen LogP contribution in [0.1, 0.15) is 22.5 Å². The van der Waals surface area contributed by atoms with E-state index in [-0.39, 0.29) is 71.2 Å². The molecule has 0 fully saturated rings. The fraction of sp³-hybridized carbons (Fsp3) is 0.217. The number of aliphatic imine (C=N–C) groups is 1. The Hall–Kier alpha value is -4.90. The van der Waals surface area contributed by atoms with Crippen LogP contribution in [0.25, 0.3) is 16.9 Å². The number of hydrazine groups is 1. The second-order valence-electron chi connectivity index (χ2n) is 8.36. The number of aromatic amines is 1. The number of hydrogen-bond donors (Lipinski definition) is 7. The number of halogens is 4. The van der Waals surface area contributed by atoms with Crippen LogP contribution >= 0.6 is 11.6 Å². The van der Waals surface area contributed by atoms with Gasteiger partial charge in [0.15, 0.2) is 11.5 Å². The van der Waals surface area contributed by atoms with Crippen LogP contribution in [-0.4, -0.2) is 62.0 Å². The summed E-state index contributed by atoms with van der Waals surface area (Å²) in [4.78, 5) is 36.6. The summed E-state index contributed by atoms with van der Waals surface area (Å²) in [5, 5.41) is 13.9. The Morgan fingerprint density at radius 2 is 1.93 bits per heavy atom. The molecular weight excluding hydrogens is 569 g/mol. The standard InChI is InChI=1S/C23H24ClF3N12O2/c24-15-9-12(1-2-13(15)21(41)32-6-5-30-17(40)3-4-33-22(28)37-29)36-19-20-34-11-16(39(20)8-7-31-19)14-10-35-38-18(14)23(25,26)27/h1-2,7-11H,3-6,29H2,(H,30,40)(H,31,36)(H,32,41)(H,35,38)(H3,28,33,37). The smallest absolute Gasteiger partial charge is 0.369 e. The highest BCUT2D eigenvalue weighted by atomic mass is 35.5. The topological polar surface area (TPSA) is 206 Å². The highest BCUT2D eigenvalue weighted by molar-refractivity contribution is 6.34. The van der Waals surface area contributed by atoms with Gasteiger partial charge < -0.3 is 21.7 Å². The van der Waals surface area contributed by atoms with Crippen LogP contribution in [0.2, 0.25) is 5.02 Å². The summed E-state index contributed by atoms with van der Waals surface area (Å²) >= 11 is 6.33. The van der Waals surface area contributed by atoms with Gasteiger partial charge in [-0.3, -0.25) is 29.5 Å². The molecule has 0 saturated carbocycles. The number of anilines is 2. The minimum atomic E-state index is -4.63. The fourth-order valence-electron chi connectivity index (χ4n) is 3.70. The Labute approximate surface area is 234 Å². The number of nitrogens with zero attached hydrogens (tertiary/aromatic N) is 5. The van der Waals surface area contributed by atoms with E-state index < -0.39 is 17.8 Å². The third kappa shape index (κ3) is 7.00. The zero-order valence-electron chi connectivity index (χ0n) is 21.1. The first-order valence-corrected chi connectivity index (χ1v) is 12.3. The molecule has 0 aliphatic carbocycles. The Kier molecular flexibility index (Phi) is 8.88. The van der Waals surface area contributed by atoms with E-state index in [0.29, 0.717) is 5.69 Å². The highest BCUT2D eigenvalue weighted by Crippen LogP contribution is 2.36. The molecule has 0 unspecified atom stereocenters. The van der Waals surface area contributed by atoms with Crippen molar-refractivity contribution in [3.05, 3.63) is 59.3 Å². The third-order valence-electron chi connectivity index (χ3n) is 5.60. The van der Waals surface area contributed by atoms with Gasteiger partial charge in [-0.25, -0.2) is 15.8 Å². The quantitative estimate of drug-likeness (QED) is 0.0468. The Balaban J connectivity index is 1.38. The van der Waals surface area contributed by atoms with Gasteiger partial charge in [0.2, 0.25) is 11.9 Å². The second kappa shape index (κ2) is 12.5. The van der Waals surface area contributed by atoms with Crippen LogP contribution in [0.3, 0.4) is 0 Å². The molecule has 18 heteroatoms. The lowest BCUT2D eigenvalue weighted by molar-refractivity contribution is -0.140. The van der Waals surface area contributed by atoms with Crippen LogP contribution in [-0.2, 0) is 11.0 Å². The fourth-order valence-corrected chi connectivity index (χ4v) is 3.97. The monoisotopic (exact) mass is 592 g/mol. The Bertz CT molecular complexity index is 1580. The molecule has 0 atom stereocenters. The molecular formula is C23H24ClF3N12O2. The second-order valence-corrected chi connectivity index (χ2v) is 8.76. The molecule has 4 aromatic rings. The molecule has 0 aliphatic rings. The van der Waals surface area contributed by atoms with Gasteiger partial charge >= 0.3 is 6.18 Å². The van der Waals surface area contributed by atoms with Crippen molar-refractivity contribution in [3.8, 4) is 11.3 Å². The van der Waals surface area contributed by atoms with Gasteiger partial charge in [0.1, 0.15) is 5.69 Å². The number of rotatable bonds is 10. The van der Waals surface area contributed by atoms with Crippen LogP contribution in [0.4, 0.5) is 24.7 Å². The number of fused-ring (bicyclic) bond motifs is 1. The number of alkyl halides is 3. The maximum atomic E-state index is 13.4. The normalized spacial score (nSPS) is 11.9. The number of carbonyl (C=O) groups excluding carboxylic acids is 2. The van der Waals surface area contributed by atoms with Crippen LogP contribution in [0.15, 0.2) is 48.0 Å². The van der Waals surface area contributed by atoms with Crippen molar-refractivity contribution < 1.29 is 22.8 Å². The summed E-state index contributed by atoms with van der Waals surface area (Å²) < 4.78 is 41.5. The lowest BCUT2D eigenvalue weighted by Gasteiger charge is -2.11. The molecule has 216 valence electrons. The lowest BCUT2D eigenvalue weighted by atomic mass is 10.2. The third-order valence-corrected chi connectivity index (χ3v) is 5.92. The summed E-state index contributed by atoms with van der Waals surface area (Å²) in [6.45, 7) is 0.484. The molecule has 0 radical (unpaired) electrons. The number of carbonyl (C=O) groups is 2. The highest BCUT2D eigenvalue weighted by Gasteiger charge is 2.36. The summed E-state index contributed by atoms with van der Waals surface area (Å²) in [5.41, 5.74) is 7.41. The SMILES string of the molecule is NNC(N)=NCCC(=O)NCCNC(=O)c1ccc(Nc2nccn3c(-c4cn[nH]c4C(F)(F)F)cnc23)cc1Cl. The van der Waals surface area contributed by atoms with Crippen molar-refractivity contribution in [3.63, 3.8) is 0 Å². The average molecular weight is 593 g/mol. The van der Waals surface area contributed by atoms with Crippen molar-refractivity contribution >= 4 is 46.5 Å². The van der Waals surface area contributed by atoms with E-state index in [1.807, 2.05) is 5.10 Å². The van der Waals surface area contributed by atoms with E-state index in [1.54, 1.807) is 6.07 Å². The van der Waals surface area contributed by atoms with Gasteiger partial charge in [0, 0.05) is 37.6 Å². The number of aromatic nitrogens is 5. The largest absolute Gasteiger partial charge is 0.433 e. The van der Waals surface area contributed by atoms with E-state index in [1.165, 1.54) is 35.1 Å². The number of imidazole rings is 1. The van der Waals surface area contributed by atoms with Gasteiger partial charge in [-0.15, -0.1) is 0 Å². The van der Waals surface area contributed by atoms with Gasteiger partial charge in [0.25, 0.3) is 5.91 Å². The first-order chi connectivity index (χ1) is 19.6. The molecule has 0 spiro atoms. The molecule has 0 saturated heterocycles. The van der Waals surface area contributed by atoms with E-state index in [2.05, 4.69) is 41.4 Å². The van der Waals surface area contributed by atoms with E-state index in [0.717, 1.165) is 6.20 Å². The molecule has 14 nitrogen and oxygen atoms in total. The minimum Gasteiger partial charge on any atom is -0.369 e. The van der Waals surface area contributed by atoms with Crippen LogP contribution in [0, 0.1) is 0 Å². The van der Waals surface area contributed by atoms with Crippen molar-refractivity contribution in [2.45, 2.75) is 12.6 Å². The van der Waals surface area contributed by atoms with Crippen molar-refractivity contribution in [1.82, 2.24) is 40.6 Å². The number of nitrogens with one attached hydrogen (secondary N) is 5. The summed E-state index contributed by atoms with van der Waals surface area (Å²) in [7, 11) is 0. The zero-order chi connectivity index (χ0) is 29.6. The molecule has 41 heavy (non-hydrogen) atoms. The number of hydrogen-bond acceptors (Lipinski definition) is 8. The zero-order valence-corrected chi connectivity index (χ0v) is 21.8. The van der Waals surface area contributed by atoms with Crippen LogP contribution < -0.4 is 33.0 Å². The molecule has 3 heterocycles. The maximum absolute atomic E-state index is 13.4. The van der Waals surface area contributed by atoms with Crippen molar-refractivity contribution in [2.24, 2.45) is 16.6 Å². The van der Waals surface area contributed by atoms with Crippen molar-refractivity contribution in [1.29, 1.82) is 0 Å². The predicted octanol–water partition coefficient (Wildman–Crippen LogP) is 1.55. The molecule has 1 aromatic carbocycles.